The third-order valence-corrected chi connectivity index (χ3v) is 2.59. The van der Waals surface area contributed by atoms with E-state index in [1.54, 1.807) is 0 Å². The molecule has 0 saturated heterocycles. The maximum absolute atomic E-state index is 11.8. The lowest BCUT2D eigenvalue weighted by atomic mass is 9.97. The van der Waals surface area contributed by atoms with Crippen molar-refractivity contribution in [1.29, 1.82) is 0 Å². The largest absolute Gasteiger partial charge is 0.331 e. The molecule has 0 aromatic rings. The summed E-state index contributed by atoms with van der Waals surface area (Å²) < 4.78 is 0. The van der Waals surface area contributed by atoms with Crippen LogP contribution in [0.3, 0.4) is 0 Å². The van der Waals surface area contributed by atoms with Gasteiger partial charge in [0.15, 0.2) is 5.78 Å². The fourth-order valence-electron chi connectivity index (χ4n) is 1.51. The number of ketones is 1. The molecule has 16 heavy (non-hydrogen) atoms. The van der Waals surface area contributed by atoms with E-state index >= 15 is 0 Å². The number of aldehydes is 1. The number of rotatable bonds is 6. The van der Waals surface area contributed by atoms with E-state index in [1.807, 2.05) is 13.8 Å². The summed E-state index contributed by atoms with van der Waals surface area (Å²) in [5, 5.41) is 4.98. The summed E-state index contributed by atoms with van der Waals surface area (Å²) in [6.07, 6.45) is 2.46. The maximum atomic E-state index is 11.8. The zero-order chi connectivity index (χ0) is 12.1. The van der Waals surface area contributed by atoms with Crippen LogP contribution >= 0.6 is 0 Å². The lowest BCUT2D eigenvalue weighted by molar-refractivity contribution is -0.123. The average Bonchev–Trinajstić information content (AvgIpc) is 3.05. The number of Topliss-reactive ketones (excluding diaryl/α,β-unsaturated/α-hetero) is 1. The predicted octanol–water partition coefficient (Wildman–Crippen LogP) is 0.488. The van der Waals surface area contributed by atoms with Crippen LogP contribution in [0.2, 0.25) is 0 Å². The van der Waals surface area contributed by atoms with Gasteiger partial charge in [0.2, 0.25) is 0 Å². The van der Waals surface area contributed by atoms with Crippen molar-refractivity contribution in [3.63, 3.8) is 0 Å². The van der Waals surface area contributed by atoms with Gasteiger partial charge in [0.1, 0.15) is 6.29 Å². The van der Waals surface area contributed by atoms with E-state index in [9.17, 15) is 14.4 Å². The Morgan fingerprint density at radius 3 is 2.44 bits per heavy atom. The van der Waals surface area contributed by atoms with Crippen molar-refractivity contribution in [2.45, 2.75) is 32.7 Å². The Hall–Kier alpha value is -1.39. The van der Waals surface area contributed by atoms with Gasteiger partial charge < -0.3 is 15.4 Å². The summed E-state index contributed by atoms with van der Waals surface area (Å²) in [4.78, 5) is 33.2. The van der Waals surface area contributed by atoms with Crippen molar-refractivity contribution in [1.82, 2.24) is 10.6 Å². The van der Waals surface area contributed by atoms with Crippen LogP contribution in [0.1, 0.15) is 26.7 Å². The van der Waals surface area contributed by atoms with Crippen LogP contribution < -0.4 is 10.6 Å². The highest BCUT2D eigenvalue weighted by atomic mass is 16.2. The SMILES string of the molecule is CC(C)C(NC(=O)NCC=O)C(=O)C1CC1. The fourth-order valence-corrected chi connectivity index (χ4v) is 1.51. The molecule has 0 bridgehead atoms. The molecule has 1 aliphatic carbocycles. The number of carbonyl (C=O) groups is 3. The van der Waals surface area contributed by atoms with Gasteiger partial charge in [-0.15, -0.1) is 0 Å². The molecule has 2 amide bonds. The molecular formula is C11H18N2O3. The molecule has 1 saturated carbocycles. The molecule has 0 spiro atoms. The Morgan fingerprint density at radius 1 is 1.38 bits per heavy atom. The van der Waals surface area contributed by atoms with Crippen LogP contribution in [-0.2, 0) is 9.59 Å². The highest BCUT2D eigenvalue weighted by molar-refractivity contribution is 5.92. The second kappa shape index (κ2) is 5.63. The molecule has 0 aromatic carbocycles. The van der Waals surface area contributed by atoms with Gasteiger partial charge in [-0.1, -0.05) is 13.8 Å². The van der Waals surface area contributed by atoms with E-state index in [2.05, 4.69) is 10.6 Å². The quantitative estimate of drug-likeness (QED) is 0.647. The molecule has 1 rings (SSSR count). The van der Waals surface area contributed by atoms with Crippen LogP contribution in [0.15, 0.2) is 0 Å². The highest BCUT2D eigenvalue weighted by Crippen LogP contribution is 2.32. The van der Waals surface area contributed by atoms with Gasteiger partial charge in [-0.05, 0) is 18.8 Å². The fraction of sp³-hybridized carbons (Fsp3) is 0.727. The summed E-state index contributed by atoms with van der Waals surface area (Å²) in [5.74, 6) is 0.296. The third-order valence-electron chi connectivity index (χ3n) is 2.59. The number of hydrogen-bond donors (Lipinski definition) is 2. The van der Waals surface area contributed by atoms with Crippen molar-refractivity contribution in [3.8, 4) is 0 Å². The smallest absolute Gasteiger partial charge is 0.315 e. The first kappa shape index (κ1) is 12.7. The van der Waals surface area contributed by atoms with Crippen LogP contribution in [0, 0.1) is 11.8 Å². The van der Waals surface area contributed by atoms with Gasteiger partial charge in [-0.25, -0.2) is 4.79 Å². The van der Waals surface area contributed by atoms with Crippen molar-refractivity contribution in [2.24, 2.45) is 11.8 Å². The van der Waals surface area contributed by atoms with Gasteiger partial charge in [-0.2, -0.15) is 0 Å². The van der Waals surface area contributed by atoms with Gasteiger partial charge in [0.25, 0.3) is 0 Å². The number of amides is 2. The van der Waals surface area contributed by atoms with Crippen molar-refractivity contribution in [3.05, 3.63) is 0 Å². The Labute approximate surface area is 95.0 Å². The Kier molecular flexibility index (Phi) is 4.46. The van der Waals surface area contributed by atoms with Crippen LogP contribution in [0.4, 0.5) is 4.79 Å². The van der Waals surface area contributed by atoms with E-state index in [0.29, 0.717) is 6.29 Å². The lowest BCUT2D eigenvalue weighted by Crippen LogP contribution is -2.49. The molecule has 0 heterocycles. The number of nitrogens with one attached hydrogen (secondary N) is 2. The molecule has 1 atom stereocenters. The molecule has 5 heteroatoms. The summed E-state index contributed by atoms with van der Waals surface area (Å²) >= 11 is 0. The molecule has 0 radical (unpaired) electrons. The molecule has 0 aliphatic heterocycles. The molecule has 2 N–H and O–H groups in total. The zero-order valence-corrected chi connectivity index (χ0v) is 9.66. The topological polar surface area (TPSA) is 75.3 Å². The van der Waals surface area contributed by atoms with Crippen LogP contribution in [-0.4, -0.2) is 30.7 Å². The summed E-state index contributed by atoms with van der Waals surface area (Å²) in [5.41, 5.74) is 0. The summed E-state index contributed by atoms with van der Waals surface area (Å²) in [6, 6.07) is -0.904. The van der Waals surface area contributed by atoms with Crippen LogP contribution in [0.5, 0.6) is 0 Å². The van der Waals surface area contributed by atoms with Gasteiger partial charge in [0.05, 0.1) is 12.6 Å². The number of carbonyl (C=O) groups excluding carboxylic acids is 3. The zero-order valence-electron chi connectivity index (χ0n) is 9.66. The predicted molar refractivity (Wildman–Crippen MR) is 59.0 cm³/mol. The maximum Gasteiger partial charge on any atom is 0.315 e. The van der Waals surface area contributed by atoms with Crippen LogP contribution in [0.25, 0.3) is 0 Å². The first-order chi connectivity index (χ1) is 7.56. The standard InChI is InChI=1S/C11H18N2O3/c1-7(2)9(10(15)8-3-4-8)13-11(16)12-5-6-14/h6-9H,3-5H2,1-2H3,(H2,12,13,16). The van der Waals surface area contributed by atoms with Gasteiger partial charge >= 0.3 is 6.03 Å². The Bertz CT molecular complexity index is 285. The van der Waals surface area contributed by atoms with Crippen molar-refractivity contribution >= 4 is 18.1 Å². The first-order valence-electron chi connectivity index (χ1n) is 5.58. The van der Waals surface area contributed by atoms with E-state index in [1.165, 1.54) is 0 Å². The molecule has 0 aromatic heterocycles. The minimum Gasteiger partial charge on any atom is -0.331 e. The van der Waals surface area contributed by atoms with E-state index in [4.69, 9.17) is 0 Å². The second-order valence-corrected chi connectivity index (χ2v) is 4.42. The first-order valence-corrected chi connectivity index (χ1v) is 5.58. The average molecular weight is 226 g/mol. The van der Waals surface area contributed by atoms with Gasteiger partial charge in [-0.3, -0.25) is 4.79 Å². The Morgan fingerprint density at radius 2 is 2.00 bits per heavy atom. The third kappa shape index (κ3) is 3.64. The minimum atomic E-state index is -0.459. The molecule has 5 nitrogen and oxygen atoms in total. The molecule has 1 fully saturated rings. The molecule has 90 valence electrons. The van der Waals surface area contributed by atoms with E-state index in [0.717, 1.165) is 12.8 Å². The van der Waals surface area contributed by atoms with Crippen molar-refractivity contribution < 1.29 is 14.4 Å². The van der Waals surface area contributed by atoms with E-state index in [-0.39, 0.29) is 24.2 Å². The van der Waals surface area contributed by atoms with Gasteiger partial charge in [0, 0.05) is 5.92 Å². The molecular weight excluding hydrogens is 208 g/mol. The Balaban J connectivity index is 2.46. The minimum absolute atomic E-state index is 0.0335. The van der Waals surface area contributed by atoms with E-state index < -0.39 is 12.1 Å². The van der Waals surface area contributed by atoms with Crippen molar-refractivity contribution in [2.75, 3.05) is 6.54 Å². The number of urea groups is 1. The molecule has 1 unspecified atom stereocenters. The number of hydrogen-bond acceptors (Lipinski definition) is 3. The normalized spacial score (nSPS) is 16.7. The summed E-state index contributed by atoms with van der Waals surface area (Å²) in [6.45, 7) is 3.75. The monoisotopic (exact) mass is 226 g/mol. The molecule has 1 aliphatic rings. The highest BCUT2D eigenvalue weighted by Gasteiger charge is 2.36. The second-order valence-electron chi connectivity index (χ2n) is 4.42. The lowest BCUT2D eigenvalue weighted by Gasteiger charge is -2.20. The summed E-state index contributed by atoms with van der Waals surface area (Å²) in [7, 11) is 0.